The van der Waals surface area contributed by atoms with Crippen LogP contribution in [0.2, 0.25) is 0 Å². The molecule has 0 bridgehead atoms. The molecule has 4 rings (SSSR count). The Morgan fingerprint density at radius 2 is 1.36 bits per heavy atom. The number of allylic oxidation sites excluding steroid dienone is 6. The van der Waals surface area contributed by atoms with Crippen LogP contribution in [0.3, 0.4) is 0 Å². The summed E-state index contributed by atoms with van der Waals surface area (Å²) < 4.78 is 0.159. The zero-order valence-electron chi connectivity index (χ0n) is 41.3. The number of aromatic nitrogens is 1. The molecule has 1 aromatic heterocycles. The molecule has 338 valence electrons. The second kappa shape index (κ2) is 25.5. The lowest BCUT2D eigenvalue weighted by atomic mass is 9.68. The van der Waals surface area contributed by atoms with E-state index in [9.17, 15) is 10.4 Å². The van der Waals surface area contributed by atoms with Crippen molar-refractivity contribution in [1.29, 1.82) is 0 Å². The van der Waals surface area contributed by atoms with Gasteiger partial charge in [0.25, 0.3) is 0 Å². The molecule has 1 heterocycles. The number of benzene rings is 2. The van der Waals surface area contributed by atoms with E-state index in [2.05, 4.69) is 141 Å². The molecule has 3 aromatic rings. The summed E-state index contributed by atoms with van der Waals surface area (Å²) in [5, 5.41) is 22.4. The van der Waals surface area contributed by atoms with Gasteiger partial charge in [0.15, 0.2) is 0 Å². The molecule has 0 aliphatic heterocycles. The SMILES string of the molecule is C=C/C=C(\C=C/C)C(C)(C)c1ccc2c(c1)C(CCCCCCN(O)CC)(CCCCCC[N+](O)(CC)CC)c1cc(-c3cccc(C(C)(C)C(=C)C)n3)ccc1-2.CC.CC. The third-order valence-electron chi connectivity index (χ3n) is 13.4. The Balaban J connectivity index is 0.00000311. The molecule has 0 saturated carbocycles. The van der Waals surface area contributed by atoms with Crippen LogP contribution in [0.25, 0.3) is 22.4 Å². The summed E-state index contributed by atoms with van der Waals surface area (Å²) in [4.78, 5) is 5.28. The summed E-state index contributed by atoms with van der Waals surface area (Å²) in [6, 6.07) is 20.9. The smallest absolute Gasteiger partial charge is 0.109 e. The first-order valence-electron chi connectivity index (χ1n) is 24.1. The van der Waals surface area contributed by atoms with Crippen molar-refractivity contribution >= 4 is 0 Å². The molecule has 0 spiro atoms. The van der Waals surface area contributed by atoms with Gasteiger partial charge < -0.3 is 5.21 Å². The molecule has 61 heavy (non-hydrogen) atoms. The van der Waals surface area contributed by atoms with Crippen LogP contribution in [0.4, 0.5) is 0 Å². The highest BCUT2D eigenvalue weighted by molar-refractivity contribution is 5.84. The van der Waals surface area contributed by atoms with E-state index in [-0.39, 0.29) is 20.9 Å². The molecule has 0 radical (unpaired) electrons. The summed E-state index contributed by atoms with van der Waals surface area (Å²) in [7, 11) is 0. The number of unbranched alkanes of at least 4 members (excludes halogenated alkanes) is 6. The van der Waals surface area contributed by atoms with Crippen molar-refractivity contribution in [2.45, 2.75) is 170 Å². The molecule has 2 N–H and O–H groups in total. The number of fused-ring (bicyclic) bond motifs is 3. The summed E-state index contributed by atoms with van der Waals surface area (Å²) >= 11 is 0. The fraction of sp³-hybridized carbons (Fsp3) is 0.554. The van der Waals surface area contributed by atoms with E-state index < -0.39 is 0 Å². The minimum atomic E-state index is -0.227. The molecular weight excluding hydrogens is 747 g/mol. The van der Waals surface area contributed by atoms with Gasteiger partial charge in [-0.25, -0.2) is 5.21 Å². The standard InChI is InChI=1S/C52H76N3O2.2C2H6/c1-12-26-42(27-13-2)51(10,11)43-31-33-45-44-32-30-41(48-28-25-29-49(53-48)50(8,9)40(6)7)38-46(44)52(47(45)39-43,34-21-17-19-23-36-54(56)14-3)35-22-18-20-24-37-55(57,15-4)16-5;2*1-2/h12-13,25-33,38-39,56-57H,1,6,14-24,34-37H2,2-5,7-11H3;2*1-2H3/q+1;;/b27-13-,42-26+;;. The summed E-state index contributed by atoms with van der Waals surface area (Å²) in [6.07, 6.45) is 19.3. The monoisotopic (exact) mass is 835 g/mol. The average molecular weight is 835 g/mol. The van der Waals surface area contributed by atoms with E-state index in [1.807, 2.05) is 40.7 Å². The largest absolute Gasteiger partial charge is 0.314 e. The predicted octanol–water partition coefficient (Wildman–Crippen LogP) is 15.7. The number of quaternary nitrogens is 1. The molecular formula is C56H88N3O2+. The van der Waals surface area contributed by atoms with Gasteiger partial charge in [-0.2, -0.15) is 9.71 Å². The van der Waals surface area contributed by atoms with E-state index in [0.29, 0.717) is 6.54 Å². The first kappa shape index (κ1) is 53.5. The normalized spacial score (nSPS) is 15.2. The number of rotatable bonds is 24. The minimum Gasteiger partial charge on any atom is -0.314 e. The Morgan fingerprint density at radius 3 is 1.92 bits per heavy atom. The zero-order chi connectivity index (χ0) is 45.9. The van der Waals surface area contributed by atoms with Gasteiger partial charge in [0.1, 0.15) is 19.6 Å². The Bertz CT molecular complexity index is 1860. The fourth-order valence-corrected chi connectivity index (χ4v) is 8.77. The Morgan fingerprint density at radius 1 is 0.787 bits per heavy atom. The number of nitrogens with zero attached hydrogens (tertiary/aromatic N) is 3. The van der Waals surface area contributed by atoms with Crippen LogP contribution in [0, 0.1) is 0 Å². The third-order valence-corrected chi connectivity index (χ3v) is 13.4. The van der Waals surface area contributed by atoms with Crippen molar-refractivity contribution in [3.8, 4) is 22.4 Å². The van der Waals surface area contributed by atoms with E-state index in [4.69, 9.17) is 4.98 Å². The van der Waals surface area contributed by atoms with Gasteiger partial charge in [-0.05, 0) is 111 Å². The lowest BCUT2D eigenvalue weighted by Crippen LogP contribution is -2.44. The number of hydrogen-bond donors (Lipinski definition) is 2. The molecule has 1 atom stereocenters. The first-order chi connectivity index (χ1) is 29.1. The van der Waals surface area contributed by atoms with Crippen molar-refractivity contribution in [3.63, 3.8) is 0 Å². The zero-order valence-corrected chi connectivity index (χ0v) is 41.3. The highest BCUT2D eigenvalue weighted by Gasteiger charge is 2.43. The van der Waals surface area contributed by atoms with Crippen molar-refractivity contribution in [2.24, 2.45) is 0 Å². The van der Waals surface area contributed by atoms with Crippen molar-refractivity contribution in [3.05, 3.63) is 126 Å². The molecule has 1 aliphatic carbocycles. The van der Waals surface area contributed by atoms with Gasteiger partial charge in [-0.15, -0.1) is 0 Å². The van der Waals surface area contributed by atoms with Gasteiger partial charge in [-0.3, -0.25) is 4.98 Å². The van der Waals surface area contributed by atoms with Gasteiger partial charge in [0.2, 0.25) is 0 Å². The van der Waals surface area contributed by atoms with Crippen molar-refractivity contribution in [2.75, 3.05) is 32.7 Å². The van der Waals surface area contributed by atoms with Crippen molar-refractivity contribution in [1.82, 2.24) is 10.0 Å². The fourth-order valence-electron chi connectivity index (χ4n) is 8.77. The third kappa shape index (κ3) is 13.4. The average Bonchev–Trinajstić information content (AvgIpc) is 3.54. The van der Waals surface area contributed by atoms with E-state index in [1.54, 1.807) is 0 Å². The van der Waals surface area contributed by atoms with Crippen molar-refractivity contribution < 1.29 is 15.1 Å². The van der Waals surface area contributed by atoms with Crippen LogP contribution in [0.5, 0.6) is 0 Å². The summed E-state index contributed by atoms with van der Waals surface area (Å²) in [5.74, 6) is 0. The maximum atomic E-state index is 10.9. The number of pyridine rings is 1. The molecule has 5 heteroatoms. The molecule has 1 unspecified atom stereocenters. The van der Waals surface area contributed by atoms with Crippen LogP contribution in [-0.4, -0.2) is 57.8 Å². The quantitative estimate of drug-likeness (QED) is 0.0310. The lowest BCUT2D eigenvalue weighted by molar-refractivity contribution is -1.10. The summed E-state index contributed by atoms with van der Waals surface area (Å²) in [5.41, 5.74) is 11.9. The van der Waals surface area contributed by atoms with Gasteiger partial charge in [0, 0.05) is 34.9 Å². The molecule has 5 nitrogen and oxygen atoms in total. The summed E-state index contributed by atoms with van der Waals surface area (Å²) in [6.45, 7) is 39.5. The van der Waals surface area contributed by atoms with E-state index in [1.165, 1.54) is 38.5 Å². The van der Waals surface area contributed by atoms with Crippen LogP contribution in [0.15, 0.2) is 103 Å². The van der Waals surface area contributed by atoms with Crippen LogP contribution in [0.1, 0.15) is 177 Å². The second-order valence-corrected chi connectivity index (χ2v) is 17.7. The topological polar surface area (TPSA) is 56.6 Å². The van der Waals surface area contributed by atoms with Crippen LogP contribution < -0.4 is 0 Å². The molecule has 0 saturated heterocycles. The molecule has 0 fully saturated rings. The maximum absolute atomic E-state index is 10.9. The number of hydroxylamine groups is 5. The minimum absolute atomic E-state index is 0.152. The maximum Gasteiger partial charge on any atom is 0.109 e. The van der Waals surface area contributed by atoms with Gasteiger partial charge in [-0.1, -0.05) is 174 Å². The highest BCUT2D eigenvalue weighted by Crippen LogP contribution is 2.56. The molecule has 2 aromatic carbocycles. The lowest BCUT2D eigenvalue weighted by Gasteiger charge is -2.35. The Kier molecular flexibility index (Phi) is 22.4. The Hall–Kier alpha value is -3.61. The van der Waals surface area contributed by atoms with E-state index >= 15 is 0 Å². The van der Waals surface area contributed by atoms with Gasteiger partial charge >= 0.3 is 0 Å². The van der Waals surface area contributed by atoms with E-state index in [0.717, 1.165) is 113 Å². The van der Waals surface area contributed by atoms with Crippen LogP contribution in [-0.2, 0) is 16.2 Å². The van der Waals surface area contributed by atoms with Gasteiger partial charge in [0.05, 0.1) is 11.4 Å². The molecule has 1 aliphatic rings. The Labute approximate surface area is 374 Å². The molecule has 0 amide bonds. The first-order valence-corrected chi connectivity index (χ1v) is 24.1. The highest BCUT2D eigenvalue weighted by atomic mass is 16.5. The second-order valence-electron chi connectivity index (χ2n) is 17.7. The van der Waals surface area contributed by atoms with Crippen LogP contribution >= 0.6 is 0 Å². The number of hydrogen-bond acceptors (Lipinski definition) is 4. The predicted molar refractivity (Wildman–Crippen MR) is 266 cm³/mol.